The van der Waals surface area contributed by atoms with Gasteiger partial charge < -0.3 is 5.73 Å². The summed E-state index contributed by atoms with van der Waals surface area (Å²) in [5, 5.41) is 0. The standard InChI is InChI=1S/C10H13FN2/c1-3-10(12)13-8-4-5-9(11)7(2)6-8/h4-6H,3H2,1-2H3,(H2,12,13). The highest BCUT2D eigenvalue weighted by Gasteiger charge is 1.97. The van der Waals surface area contributed by atoms with Crippen LogP contribution in [-0.4, -0.2) is 5.84 Å². The Morgan fingerprint density at radius 3 is 2.77 bits per heavy atom. The van der Waals surface area contributed by atoms with Crippen LogP contribution in [0.15, 0.2) is 23.2 Å². The van der Waals surface area contributed by atoms with Gasteiger partial charge in [0.15, 0.2) is 0 Å². The average Bonchev–Trinajstić information content (AvgIpc) is 2.11. The van der Waals surface area contributed by atoms with Gasteiger partial charge in [0, 0.05) is 6.42 Å². The van der Waals surface area contributed by atoms with Gasteiger partial charge in [-0.25, -0.2) is 9.38 Å². The van der Waals surface area contributed by atoms with Gasteiger partial charge in [-0.05, 0) is 30.7 Å². The molecule has 0 saturated carbocycles. The van der Waals surface area contributed by atoms with E-state index in [1.54, 1.807) is 19.1 Å². The van der Waals surface area contributed by atoms with Crippen LogP contribution in [0.4, 0.5) is 10.1 Å². The highest BCUT2D eigenvalue weighted by atomic mass is 19.1. The number of halogens is 1. The van der Waals surface area contributed by atoms with Gasteiger partial charge in [-0.1, -0.05) is 6.92 Å². The predicted molar refractivity (Wildman–Crippen MR) is 52.7 cm³/mol. The van der Waals surface area contributed by atoms with E-state index in [4.69, 9.17) is 5.73 Å². The first-order chi connectivity index (χ1) is 6.13. The monoisotopic (exact) mass is 180 g/mol. The molecule has 0 fully saturated rings. The number of benzene rings is 1. The fraction of sp³-hybridized carbons (Fsp3) is 0.300. The minimum atomic E-state index is -0.214. The predicted octanol–water partition coefficient (Wildman–Crippen LogP) is 2.53. The number of nitrogens with two attached hydrogens (primary N) is 1. The van der Waals surface area contributed by atoms with Crippen molar-refractivity contribution < 1.29 is 4.39 Å². The molecule has 0 aliphatic heterocycles. The van der Waals surface area contributed by atoms with Crippen molar-refractivity contribution in [3.63, 3.8) is 0 Å². The minimum Gasteiger partial charge on any atom is -0.387 e. The van der Waals surface area contributed by atoms with Crippen molar-refractivity contribution >= 4 is 11.5 Å². The van der Waals surface area contributed by atoms with Crippen LogP contribution in [0.1, 0.15) is 18.9 Å². The molecule has 13 heavy (non-hydrogen) atoms. The van der Waals surface area contributed by atoms with Crippen LogP contribution in [-0.2, 0) is 0 Å². The molecule has 70 valence electrons. The summed E-state index contributed by atoms with van der Waals surface area (Å²) in [5.74, 6) is 0.347. The Balaban J connectivity index is 2.98. The van der Waals surface area contributed by atoms with Crippen LogP contribution in [0.3, 0.4) is 0 Å². The molecular weight excluding hydrogens is 167 g/mol. The molecule has 0 atom stereocenters. The zero-order valence-corrected chi connectivity index (χ0v) is 7.84. The second-order valence-electron chi connectivity index (χ2n) is 2.89. The number of nitrogens with zero attached hydrogens (tertiary/aromatic N) is 1. The number of hydrogen-bond acceptors (Lipinski definition) is 1. The van der Waals surface area contributed by atoms with E-state index in [0.717, 1.165) is 0 Å². The van der Waals surface area contributed by atoms with E-state index in [1.807, 2.05) is 6.92 Å². The summed E-state index contributed by atoms with van der Waals surface area (Å²) in [6.07, 6.45) is 0.705. The second-order valence-corrected chi connectivity index (χ2v) is 2.89. The van der Waals surface area contributed by atoms with Gasteiger partial charge in [-0.2, -0.15) is 0 Å². The zero-order chi connectivity index (χ0) is 9.84. The quantitative estimate of drug-likeness (QED) is 0.551. The smallest absolute Gasteiger partial charge is 0.126 e. The SMILES string of the molecule is CCC(N)=Nc1ccc(F)c(C)c1. The Kier molecular flexibility index (Phi) is 3.01. The molecule has 0 unspecified atom stereocenters. The Morgan fingerprint density at radius 2 is 2.23 bits per heavy atom. The summed E-state index contributed by atoms with van der Waals surface area (Å²) in [5.41, 5.74) is 6.84. The third-order valence-corrected chi connectivity index (χ3v) is 1.78. The van der Waals surface area contributed by atoms with Crippen molar-refractivity contribution in [2.75, 3.05) is 0 Å². The van der Waals surface area contributed by atoms with Gasteiger partial charge in [0.25, 0.3) is 0 Å². The van der Waals surface area contributed by atoms with Crippen LogP contribution >= 0.6 is 0 Å². The minimum absolute atomic E-state index is 0.214. The molecule has 1 rings (SSSR count). The van der Waals surface area contributed by atoms with Crippen LogP contribution in [0.5, 0.6) is 0 Å². The first-order valence-electron chi connectivity index (χ1n) is 4.22. The number of rotatable bonds is 2. The number of hydrogen-bond donors (Lipinski definition) is 1. The van der Waals surface area contributed by atoms with E-state index in [2.05, 4.69) is 4.99 Å². The molecule has 0 aliphatic carbocycles. The van der Waals surface area contributed by atoms with E-state index >= 15 is 0 Å². The second kappa shape index (κ2) is 4.03. The maximum absolute atomic E-state index is 12.8. The molecule has 0 saturated heterocycles. The Labute approximate surface area is 77.3 Å². The molecule has 0 aliphatic rings. The van der Waals surface area contributed by atoms with E-state index in [-0.39, 0.29) is 5.82 Å². The lowest BCUT2D eigenvalue weighted by molar-refractivity contribution is 0.618. The molecule has 0 bridgehead atoms. The first-order valence-corrected chi connectivity index (χ1v) is 4.22. The largest absolute Gasteiger partial charge is 0.387 e. The lowest BCUT2D eigenvalue weighted by atomic mass is 10.2. The molecule has 1 aromatic carbocycles. The van der Waals surface area contributed by atoms with Gasteiger partial charge >= 0.3 is 0 Å². The average molecular weight is 180 g/mol. The summed E-state index contributed by atoms with van der Waals surface area (Å²) in [4.78, 5) is 4.11. The molecule has 2 nitrogen and oxygen atoms in total. The number of aliphatic imine (C=N–C) groups is 1. The van der Waals surface area contributed by atoms with Crippen LogP contribution in [0.2, 0.25) is 0 Å². The van der Waals surface area contributed by atoms with Crippen molar-refractivity contribution in [1.29, 1.82) is 0 Å². The van der Waals surface area contributed by atoms with Gasteiger partial charge in [0.1, 0.15) is 5.82 Å². The fourth-order valence-electron chi connectivity index (χ4n) is 0.943. The lowest BCUT2D eigenvalue weighted by Crippen LogP contribution is -2.08. The van der Waals surface area contributed by atoms with E-state index in [1.165, 1.54) is 6.07 Å². The van der Waals surface area contributed by atoms with Crippen molar-refractivity contribution in [1.82, 2.24) is 0 Å². The molecule has 0 radical (unpaired) electrons. The molecule has 0 spiro atoms. The van der Waals surface area contributed by atoms with E-state index in [0.29, 0.717) is 23.5 Å². The summed E-state index contributed by atoms with van der Waals surface area (Å²) < 4.78 is 12.8. The van der Waals surface area contributed by atoms with Gasteiger partial charge in [0.05, 0.1) is 11.5 Å². The first kappa shape index (κ1) is 9.71. The van der Waals surface area contributed by atoms with Crippen LogP contribution < -0.4 is 5.73 Å². The number of amidine groups is 1. The fourth-order valence-corrected chi connectivity index (χ4v) is 0.943. The maximum Gasteiger partial charge on any atom is 0.126 e. The molecule has 0 heterocycles. The molecule has 2 N–H and O–H groups in total. The Bertz CT molecular complexity index is 332. The third-order valence-electron chi connectivity index (χ3n) is 1.78. The normalized spacial score (nSPS) is 11.8. The highest BCUT2D eigenvalue weighted by Crippen LogP contribution is 2.16. The van der Waals surface area contributed by atoms with E-state index in [9.17, 15) is 4.39 Å². The molecule has 0 amide bonds. The zero-order valence-electron chi connectivity index (χ0n) is 7.84. The van der Waals surface area contributed by atoms with Gasteiger partial charge in [-0.3, -0.25) is 0 Å². The lowest BCUT2D eigenvalue weighted by Gasteiger charge is -1.99. The molecule has 0 aromatic heterocycles. The third kappa shape index (κ3) is 2.54. The Hall–Kier alpha value is -1.38. The number of aryl methyl sites for hydroxylation is 1. The van der Waals surface area contributed by atoms with Crippen molar-refractivity contribution in [2.24, 2.45) is 10.7 Å². The Morgan fingerprint density at radius 1 is 1.54 bits per heavy atom. The summed E-state index contributed by atoms with van der Waals surface area (Å²) in [6.45, 7) is 3.63. The summed E-state index contributed by atoms with van der Waals surface area (Å²) >= 11 is 0. The van der Waals surface area contributed by atoms with Gasteiger partial charge in [0.2, 0.25) is 0 Å². The van der Waals surface area contributed by atoms with Crippen LogP contribution in [0, 0.1) is 12.7 Å². The van der Waals surface area contributed by atoms with Crippen molar-refractivity contribution in [3.8, 4) is 0 Å². The molecular formula is C10H13FN2. The van der Waals surface area contributed by atoms with Crippen molar-refractivity contribution in [3.05, 3.63) is 29.6 Å². The van der Waals surface area contributed by atoms with Crippen molar-refractivity contribution in [2.45, 2.75) is 20.3 Å². The molecule has 3 heteroatoms. The van der Waals surface area contributed by atoms with Gasteiger partial charge in [-0.15, -0.1) is 0 Å². The highest BCUT2D eigenvalue weighted by molar-refractivity contribution is 5.82. The maximum atomic E-state index is 12.8. The molecule has 1 aromatic rings. The van der Waals surface area contributed by atoms with E-state index < -0.39 is 0 Å². The van der Waals surface area contributed by atoms with Crippen LogP contribution in [0.25, 0.3) is 0 Å². The summed E-state index contributed by atoms with van der Waals surface area (Å²) in [7, 11) is 0. The topological polar surface area (TPSA) is 38.4 Å². The summed E-state index contributed by atoms with van der Waals surface area (Å²) in [6, 6.07) is 4.69.